The maximum absolute atomic E-state index is 11.8. The molecule has 1 atom stereocenters. The molecule has 2 N–H and O–H groups in total. The van der Waals surface area contributed by atoms with E-state index in [9.17, 15) is 14.7 Å². The zero-order chi connectivity index (χ0) is 15.2. The molecule has 2 rings (SSSR count). The number of benzene rings is 1. The fourth-order valence-corrected chi connectivity index (χ4v) is 2.42. The van der Waals surface area contributed by atoms with Crippen molar-refractivity contribution in [1.82, 2.24) is 5.32 Å². The Hall–Kier alpha value is -2.04. The number of methoxy groups -OCH3 is 1. The Labute approximate surface area is 124 Å². The van der Waals surface area contributed by atoms with Crippen LogP contribution in [0.15, 0.2) is 24.3 Å². The highest BCUT2D eigenvalue weighted by atomic mass is 16.5. The van der Waals surface area contributed by atoms with Crippen LogP contribution in [0.2, 0.25) is 0 Å². The molecule has 1 amide bonds. The number of carboxylic acid groups (broad SMARTS) is 1. The van der Waals surface area contributed by atoms with Gasteiger partial charge in [-0.05, 0) is 30.9 Å². The molecular weight excluding hydrogens is 270 g/mol. The third kappa shape index (κ3) is 3.97. The van der Waals surface area contributed by atoms with Crippen molar-refractivity contribution >= 4 is 11.9 Å². The Balaban J connectivity index is 1.95. The number of carboxylic acids is 1. The number of aliphatic carboxylic acids is 1. The van der Waals surface area contributed by atoms with Crippen LogP contribution in [0.3, 0.4) is 0 Å². The Morgan fingerprint density at radius 1 is 1.38 bits per heavy atom. The van der Waals surface area contributed by atoms with Crippen LogP contribution in [0.25, 0.3) is 0 Å². The smallest absolute Gasteiger partial charge is 0.308 e. The van der Waals surface area contributed by atoms with Crippen LogP contribution in [-0.2, 0) is 16.0 Å². The maximum Gasteiger partial charge on any atom is 0.308 e. The first-order chi connectivity index (χ1) is 10.1. The van der Waals surface area contributed by atoms with Gasteiger partial charge in [-0.25, -0.2) is 0 Å². The van der Waals surface area contributed by atoms with Gasteiger partial charge in [-0.15, -0.1) is 0 Å². The summed E-state index contributed by atoms with van der Waals surface area (Å²) in [5.41, 5.74) is 0.838. The van der Waals surface area contributed by atoms with E-state index in [-0.39, 0.29) is 18.4 Å². The van der Waals surface area contributed by atoms with Gasteiger partial charge in [0.05, 0.1) is 13.0 Å². The molecule has 0 aromatic heterocycles. The lowest BCUT2D eigenvalue weighted by molar-refractivity contribution is -0.141. The number of rotatable bonds is 7. The molecule has 0 radical (unpaired) electrons. The van der Waals surface area contributed by atoms with Crippen LogP contribution in [0, 0.1) is 11.8 Å². The minimum atomic E-state index is -0.908. The van der Waals surface area contributed by atoms with Gasteiger partial charge in [0.15, 0.2) is 0 Å². The molecule has 1 aromatic carbocycles. The topological polar surface area (TPSA) is 75.6 Å². The second-order valence-electron chi connectivity index (χ2n) is 5.42. The van der Waals surface area contributed by atoms with Crippen molar-refractivity contribution in [2.24, 2.45) is 11.8 Å². The van der Waals surface area contributed by atoms with Gasteiger partial charge < -0.3 is 15.2 Å². The summed E-state index contributed by atoms with van der Waals surface area (Å²) in [6.45, 7) is 0.155. The summed E-state index contributed by atoms with van der Waals surface area (Å²) in [6, 6.07) is 7.35. The molecule has 1 fully saturated rings. The van der Waals surface area contributed by atoms with Crippen molar-refractivity contribution in [2.45, 2.75) is 25.7 Å². The second kappa shape index (κ2) is 7.11. The summed E-state index contributed by atoms with van der Waals surface area (Å²) in [6.07, 6.45) is 3.25. The quantitative estimate of drug-likeness (QED) is 0.804. The third-order valence-corrected chi connectivity index (χ3v) is 4.01. The summed E-state index contributed by atoms with van der Waals surface area (Å²) in [5, 5.41) is 12.1. The highest BCUT2D eigenvalue weighted by Crippen LogP contribution is 2.26. The average Bonchev–Trinajstić information content (AvgIpc) is 2.41. The van der Waals surface area contributed by atoms with Crippen LogP contribution in [0.4, 0.5) is 0 Å². The highest BCUT2D eigenvalue weighted by molar-refractivity contribution is 5.80. The van der Waals surface area contributed by atoms with E-state index in [0.29, 0.717) is 12.2 Å². The largest absolute Gasteiger partial charge is 0.496 e. The number of para-hydroxylation sites is 1. The average molecular weight is 291 g/mol. The van der Waals surface area contributed by atoms with Gasteiger partial charge in [-0.2, -0.15) is 0 Å². The van der Waals surface area contributed by atoms with Gasteiger partial charge in [-0.3, -0.25) is 9.59 Å². The highest BCUT2D eigenvalue weighted by Gasteiger charge is 2.27. The SMILES string of the molecule is COc1ccccc1CC(CNC(=O)C1CCC1)C(=O)O. The predicted octanol–water partition coefficient (Wildman–Crippen LogP) is 1.85. The lowest BCUT2D eigenvalue weighted by Gasteiger charge is -2.25. The molecule has 5 nitrogen and oxygen atoms in total. The number of carbonyl (C=O) groups excluding carboxylic acids is 1. The van der Waals surface area contributed by atoms with Crippen molar-refractivity contribution in [3.05, 3.63) is 29.8 Å². The Morgan fingerprint density at radius 2 is 2.10 bits per heavy atom. The third-order valence-electron chi connectivity index (χ3n) is 4.01. The van der Waals surface area contributed by atoms with Gasteiger partial charge in [0, 0.05) is 12.5 Å². The Bertz CT molecular complexity index is 511. The number of hydrogen-bond acceptors (Lipinski definition) is 3. The zero-order valence-electron chi connectivity index (χ0n) is 12.2. The summed E-state index contributed by atoms with van der Waals surface area (Å²) in [5.74, 6) is -0.826. The van der Waals surface area contributed by atoms with E-state index in [1.165, 1.54) is 0 Å². The van der Waals surface area contributed by atoms with Gasteiger partial charge in [0.2, 0.25) is 5.91 Å². The Morgan fingerprint density at radius 3 is 2.67 bits per heavy atom. The van der Waals surface area contributed by atoms with Gasteiger partial charge in [0.25, 0.3) is 0 Å². The normalized spacial score (nSPS) is 15.9. The molecule has 114 valence electrons. The molecule has 0 aliphatic heterocycles. The van der Waals surface area contributed by atoms with Crippen molar-refractivity contribution in [1.29, 1.82) is 0 Å². The van der Waals surface area contributed by atoms with Gasteiger partial charge in [-0.1, -0.05) is 24.6 Å². The monoisotopic (exact) mass is 291 g/mol. The van der Waals surface area contributed by atoms with E-state index < -0.39 is 11.9 Å². The van der Waals surface area contributed by atoms with E-state index in [1.807, 2.05) is 18.2 Å². The number of ether oxygens (including phenoxy) is 1. The van der Waals surface area contributed by atoms with Crippen molar-refractivity contribution < 1.29 is 19.4 Å². The molecule has 0 bridgehead atoms. The number of nitrogens with one attached hydrogen (secondary N) is 1. The molecule has 1 saturated carbocycles. The van der Waals surface area contributed by atoms with Crippen LogP contribution < -0.4 is 10.1 Å². The molecule has 1 aliphatic carbocycles. The fourth-order valence-electron chi connectivity index (χ4n) is 2.42. The van der Waals surface area contributed by atoms with Crippen LogP contribution in [0.5, 0.6) is 5.75 Å². The summed E-state index contributed by atoms with van der Waals surface area (Å²) >= 11 is 0. The van der Waals surface area contributed by atoms with Gasteiger partial charge >= 0.3 is 5.97 Å². The van der Waals surface area contributed by atoms with E-state index >= 15 is 0 Å². The number of hydrogen-bond donors (Lipinski definition) is 2. The lowest BCUT2D eigenvalue weighted by atomic mass is 9.84. The first-order valence-corrected chi connectivity index (χ1v) is 7.24. The minimum absolute atomic E-state index is 0.0208. The molecule has 1 aliphatic rings. The molecule has 0 heterocycles. The summed E-state index contributed by atoms with van der Waals surface area (Å²) in [7, 11) is 1.56. The maximum atomic E-state index is 11.8. The summed E-state index contributed by atoms with van der Waals surface area (Å²) in [4.78, 5) is 23.2. The molecule has 0 saturated heterocycles. The van der Waals surface area contributed by atoms with E-state index in [4.69, 9.17) is 4.74 Å². The fraction of sp³-hybridized carbons (Fsp3) is 0.500. The molecule has 0 spiro atoms. The van der Waals surface area contributed by atoms with Crippen molar-refractivity contribution in [3.8, 4) is 5.75 Å². The Kier molecular flexibility index (Phi) is 5.20. The standard InChI is InChI=1S/C16H21NO4/c1-21-14-8-3-2-5-12(14)9-13(16(19)20)10-17-15(18)11-6-4-7-11/h2-3,5,8,11,13H,4,6-7,9-10H2,1H3,(H,17,18)(H,19,20). The van der Waals surface area contributed by atoms with E-state index in [2.05, 4.69) is 5.32 Å². The lowest BCUT2D eigenvalue weighted by Crippen LogP contribution is -2.39. The molecule has 21 heavy (non-hydrogen) atoms. The molecular formula is C16H21NO4. The number of amides is 1. The first kappa shape index (κ1) is 15.4. The molecule has 1 unspecified atom stereocenters. The zero-order valence-corrected chi connectivity index (χ0v) is 12.2. The number of carbonyl (C=O) groups is 2. The predicted molar refractivity (Wildman–Crippen MR) is 78.2 cm³/mol. The van der Waals surface area contributed by atoms with Crippen molar-refractivity contribution in [2.75, 3.05) is 13.7 Å². The van der Waals surface area contributed by atoms with Crippen LogP contribution in [0.1, 0.15) is 24.8 Å². The van der Waals surface area contributed by atoms with Gasteiger partial charge in [0.1, 0.15) is 5.75 Å². The van der Waals surface area contributed by atoms with E-state index in [0.717, 1.165) is 24.8 Å². The first-order valence-electron chi connectivity index (χ1n) is 7.24. The van der Waals surface area contributed by atoms with Crippen LogP contribution in [-0.4, -0.2) is 30.6 Å². The van der Waals surface area contributed by atoms with Crippen LogP contribution >= 0.6 is 0 Å². The second-order valence-corrected chi connectivity index (χ2v) is 5.42. The minimum Gasteiger partial charge on any atom is -0.496 e. The van der Waals surface area contributed by atoms with E-state index in [1.54, 1.807) is 13.2 Å². The molecule has 1 aromatic rings. The van der Waals surface area contributed by atoms with Crippen molar-refractivity contribution in [3.63, 3.8) is 0 Å². The summed E-state index contributed by atoms with van der Waals surface area (Å²) < 4.78 is 5.24. The molecule has 5 heteroatoms.